The molecule has 2 aliphatic rings. The standard InChI is InChI=1S/C19H27BrN2O2/c1-10(2)24-16(23)7-13-11(3)21-12(4)17(20)18(13)22-8-14-15(9-22)19(14,5)6/h10,14-15H,7-9H2,1-6H3. The number of esters is 1. The summed E-state index contributed by atoms with van der Waals surface area (Å²) in [5, 5.41) is 0. The Morgan fingerprint density at radius 2 is 1.88 bits per heavy atom. The maximum Gasteiger partial charge on any atom is 0.310 e. The Hall–Kier alpha value is -1.10. The van der Waals surface area contributed by atoms with Crippen LogP contribution >= 0.6 is 15.9 Å². The number of piperidine rings is 1. The molecule has 24 heavy (non-hydrogen) atoms. The summed E-state index contributed by atoms with van der Waals surface area (Å²) in [4.78, 5) is 19.3. The molecule has 1 aromatic heterocycles. The minimum absolute atomic E-state index is 0.0941. The van der Waals surface area contributed by atoms with Gasteiger partial charge >= 0.3 is 5.97 Å². The molecular formula is C19H27BrN2O2. The van der Waals surface area contributed by atoms with Gasteiger partial charge in [-0.15, -0.1) is 0 Å². The molecule has 2 atom stereocenters. The van der Waals surface area contributed by atoms with E-state index in [2.05, 4.69) is 39.7 Å². The van der Waals surface area contributed by atoms with Gasteiger partial charge in [0.25, 0.3) is 0 Å². The van der Waals surface area contributed by atoms with E-state index in [4.69, 9.17) is 4.74 Å². The molecule has 4 nitrogen and oxygen atoms in total. The third-order valence-electron chi connectivity index (χ3n) is 5.71. The summed E-state index contributed by atoms with van der Waals surface area (Å²) in [5.74, 6) is 1.33. The van der Waals surface area contributed by atoms with Crippen molar-refractivity contribution in [3.8, 4) is 0 Å². The number of hydrogen-bond acceptors (Lipinski definition) is 4. The summed E-state index contributed by atoms with van der Waals surface area (Å²) in [6, 6.07) is 0. The molecule has 0 spiro atoms. The number of carbonyl (C=O) groups excluding carboxylic acids is 1. The van der Waals surface area contributed by atoms with Gasteiger partial charge in [-0.2, -0.15) is 0 Å². The lowest BCUT2D eigenvalue weighted by Gasteiger charge is -2.29. The highest BCUT2D eigenvalue weighted by atomic mass is 79.9. The Balaban J connectivity index is 1.91. The third-order valence-corrected chi connectivity index (χ3v) is 6.66. The minimum Gasteiger partial charge on any atom is -0.463 e. The number of aromatic nitrogens is 1. The van der Waals surface area contributed by atoms with Gasteiger partial charge in [0.2, 0.25) is 0 Å². The number of rotatable bonds is 4. The van der Waals surface area contributed by atoms with Gasteiger partial charge in [-0.05, 0) is 60.9 Å². The first-order valence-corrected chi connectivity index (χ1v) is 9.52. The van der Waals surface area contributed by atoms with Crippen molar-refractivity contribution in [2.75, 3.05) is 18.0 Å². The number of carbonyl (C=O) groups is 1. The van der Waals surface area contributed by atoms with Crippen LogP contribution in [0.1, 0.15) is 44.6 Å². The Morgan fingerprint density at radius 3 is 2.42 bits per heavy atom. The molecule has 0 aromatic carbocycles. The SMILES string of the molecule is Cc1nc(C)c(CC(=O)OC(C)C)c(N2CC3C(C2)C3(C)C)c1Br. The smallest absolute Gasteiger partial charge is 0.310 e. The summed E-state index contributed by atoms with van der Waals surface area (Å²) >= 11 is 3.72. The molecule has 3 rings (SSSR count). The molecule has 0 N–H and O–H groups in total. The van der Waals surface area contributed by atoms with Gasteiger partial charge in [0.1, 0.15) is 0 Å². The molecule has 1 saturated carbocycles. The van der Waals surface area contributed by atoms with Crippen LogP contribution in [-0.2, 0) is 16.0 Å². The molecular weight excluding hydrogens is 368 g/mol. The number of fused-ring (bicyclic) bond motifs is 1. The first kappa shape index (κ1) is 17.7. The Bertz CT molecular complexity index is 670. The van der Waals surface area contributed by atoms with Crippen LogP contribution in [0.4, 0.5) is 5.69 Å². The van der Waals surface area contributed by atoms with E-state index in [1.54, 1.807) is 0 Å². The fraction of sp³-hybridized carbons (Fsp3) is 0.684. The van der Waals surface area contributed by atoms with Crippen LogP contribution < -0.4 is 4.90 Å². The van der Waals surface area contributed by atoms with Crippen molar-refractivity contribution in [2.24, 2.45) is 17.3 Å². The average molecular weight is 395 g/mol. The summed E-state index contributed by atoms with van der Waals surface area (Å²) in [5.41, 5.74) is 4.51. The van der Waals surface area contributed by atoms with Crippen LogP contribution in [0.25, 0.3) is 0 Å². The first-order valence-electron chi connectivity index (χ1n) is 8.73. The highest BCUT2D eigenvalue weighted by molar-refractivity contribution is 9.10. The van der Waals surface area contributed by atoms with Crippen molar-refractivity contribution in [2.45, 2.75) is 54.1 Å². The summed E-state index contributed by atoms with van der Waals surface area (Å²) in [6.07, 6.45) is 0.184. The molecule has 2 heterocycles. The van der Waals surface area contributed by atoms with E-state index in [0.29, 0.717) is 5.41 Å². The zero-order valence-corrected chi connectivity index (χ0v) is 17.0. The van der Waals surface area contributed by atoms with Gasteiger partial charge in [0, 0.05) is 24.3 Å². The van der Waals surface area contributed by atoms with Gasteiger partial charge in [-0.25, -0.2) is 0 Å². The quantitative estimate of drug-likeness (QED) is 0.722. The van der Waals surface area contributed by atoms with Gasteiger partial charge in [-0.1, -0.05) is 13.8 Å². The van der Waals surface area contributed by atoms with Crippen LogP contribution in [0.2, 0.25) is 0 Å². The summed E-state index contributed by atoms with van der Waals surface area (Å²) < 4.78 is 6.37. The predicted octanol–water partition coefficient (Wildman–Crippen LogP) is 4.05. The molecule has 1 saturated heterocycles. The largest absolute Gasteiger partial charge is 0.463 e. The van der Waals surface area contributed by atoms with E-state index in [-0.39, 0.29) is 18.5 Å². The maximum atomic E-state index is 12.2. The van der Waals surface area contributed by atoms with Gasteiger partial charge in [0.15, 0.2) is 0 Å². The molecule has 2 fully saturated rings. The van der Waals surface area contributed by atoms with Crippen molar-refractivity contribution in [3.05, 3.63) is 21.4 Å². The second kappa shape index (κ2) is 6.01. The topological polar surface area (TPSA) is 42.4 Å². The van der Waals surface area contributed by atoms with Crippen molar-refractivity contribution in [3.63, 3.8) is 0 Å². The van der Waals surface area contributed by atoms with E-state index >= 15 is 0 Å². The van der Waals surface area contributed by atoms with Gasteiger partial charge in [0.05, 0.1) is 28.4 Å². The number of pyridine rings is 1. The Kier molecular flexibility index (Phi) is 4.44. The van der Waals surface area contributed by atoms with Crippen molar-refractivity contribution in [1.29, 1.82) is 0 Å². The maximum absolute atomic E-state index is 12.2. The van der Waals surface area contributed by atoms with E-state index in [1.807, 2.05) is 27.7 Å². The summed E-state index contributed by atoms with van der Waals surface area (Å²) in [7, 11) is 0. The van der Waals surface area contributed by atoms with E-state index in [9.17, 15) is 4.79 Å². The van der Waals surface area contributed by atoms with E-state index in [1.165, 1.54) is 0 Å². The number of nitrogens with zero attached hydrogens (tertiary/aromatic N) is 2. The fourth-order valence-electron chi connectivity index (χ4n) is 4.15. The molecule has 1 aliphatic heterocycles. The molecule has 0 bridgehead atoms. The third kappa shape index (κ3) is 2.96. The number of anilines is 1. The second-order valence-electron chi connectivity index (χ2n) is 8.08. The zero-order valence-electron chi connectivity index (χ0n) is 15.4. The van der Waals surface area contributed by atoms with Gasteiger partial charge in [-0.3, -0.25) is 9.78 Å². The molecule has 1 aliphatic carbocycles. The molecule has 132 valence electrons. The van der Waals surface area contributed by atoms with Gasteiger partial charge < -0.3 is 9.64 Å². The predicted molar refractivity (Wildman–Crippen MR) is 99.3 cm³/mol. The minimum atomic E-state index is -0.184. The number of halogens is 1. The number of aryl methyl sites for hydroxylation is 2. The second-order valence-corrected chi connectivity index (χ2v) is 8.87. The lowest BCUT2D eigenvalue weighted by Crippen LogP contribution is -2.29. The van der Waals surface area contributed by atoms with Crippen molar-refractivity contribution in [1.82, 2.24) is 4.98 Å². The van der Waals surface area contributed by atoms with E-state index in [0.717, 1.165) is 52.0 Å². The summed E-state index contributed by atoms with van der Waals surface area (Å²) in [6.45, 7) is 14.6. The van der Waals surface area contributed by atoms with Crippen LogP contribution in [0.5, 0.6) is 0 Å². The zero-order chi connectivity index (χ0) is 17.8. The Morgan fingerprint density at radius 1 is 1.29 bits per heavy atom. The molecule has 2 unspecified atom stereocenters. The molecule has 0 amide bonds. The van der Waals surface area contributed by atoms with Crippen molar-refractivity contribution >= 4 is 27.6 Å². The number of hydrogen-bond donors (Lipinski definition) is 0. The van der Waals surface area contributed by atoms with Crippen LogP contribution in [0, 0.1) is 31.1 Å². The average Bonchev–Trinajstić information content (AvgIpc) is 2.84. The van der Waals surface area contributed by atoms with Crippen molar-refractivity contribution < 1.29 is 9.53 Å². The normalized spacial score (nSPS) is 24.2. The first-order chi connectivity index (χ1) is 11.1. The Labute approximate surface area is 153 Å². The lowest BCUT2D eigenvalue weighted by atomic mass is 10.0. The van der Waals surface area contributed by atoms with E-state index < -0.39 is 0 Å². The highest BCUT2D eigenvalue weighted by Crippen LogP contribution is 2.63. The number of ether oxygens (including phenoxy) is 1. The van der Waals surface area contributed by atoms with Crippen LogP contribution in [0.3, 0.4) is 0 Å². The highest BCUT2D eigenvalue weighted by Gasteiger charge is 2.62. The monoisotopic (exact) mass is 394 g/mol. The van der Waals surface area contributed by atoms with Crippen LogP contribution in [-0.4, -0.2) is 30.1 Å². The lowest BCUT2D eigenvalue weighted by molar-refractivity contribution is -0.146. The molecule has 1 aromatic rings. The molecule has 0 radical (unpaired) electrons. The van der Waals surface area contributed by atoms with Crippen LogP contribution in [0.15, 0.2) is 4.47 Å². The molecule has 5 heteroatoms. The fourth-order valence-corrected chi connectivity index (χ4v) is 4.73.